The van der Waals surface area contributed by atoms with E-state index in [1.807, 2.05) is 29.1 Å². The molecule has 6 heteroatoms. The quantitative estimate of drug-likeness (QED) is 0.754. The number of benzene rings is 1. The zero-order chi connectivity index (χ0) is 16.4. The lowest BCUT2D eigenvalue weighted by atomic mass is 9.90. The van der Waals surface area contributed by atoms with Gasteiger partial charge in [-0.2, -0.15) is 0 Å². The number of hydrogen-bond donors (Lipinski definition) is 2. The van der Waals surface area contributed by atoms with Crippen molar-refractivity contribution in [3.8, 4) is 0 Å². The fourth-order valence-corrected chi connectivity index (χ4v) is 3.57. The first kappa shape index (κ1) is 15.4. The highest BCUT2D eigenvalue weighted by molar-refractivity contribution is 5.77. The van der Waals surface area contributed by atoms with Gasteiger partial charge in [0, 0.05) is 11.4 Å². The summed E-state index contributed by atoms with van der Waals surface area (Å²) in [5.74, 6) is 0.954. The van der Waals surface area contributed by atoms with E-state index >= 15 is 0 Å². The van der Waals surface area contributed by atoms with Crippen LogP contribution in [0.4, 0.5) is 0 Å². The average Bonchev–Trinajstić information content (AvgIpc) is 3.26. The van der Waals surface area contributed by atoms with Crippen LogP contribution in [0.5, 0.6) is 0 Å². The van der Waals surface area contributed by atoms with Crippen molar-refractivity contribution in [2.45, 2.75) is 50.9 Å². The van der Waals surface area contributed by atoms with E-state index in [1.165, 1.54) is 12.8 Å². The largest absolute Gasteiger partial charge is 0.460 e. The maximum atomic E-state index is 9.19. The van der Waals surface area contributed by atoms with Crippen LogP contribution < -0.4 is 5.32 Å². The van der Waals surface area contributed by atoms with Gasteiger partial charge in [-0.05, 0) is 25.0 Å². The molecule has 0 spiro atoms. The molecule has 0 aliphatic heterocycles. The molecule has 0 bridgehead atoms. The molecule has 2 atom stereocenters. The van der Waals surface area contributed by atoms with E-state index in [0.29, 0.717) is 18.3 Å². The lowest BCUT2D eigenvalue weighted by Crippen LogP contribution is -2.39. The molecule has 1 saturated carbocycles. The second-order valence-electron chi connectivity index (χ2n) is 6.44. The minimum Gasteiger partial charge on any atom is -0.460 e. The molecule has 1 aliphatic carbocycles. The number of fused-ring (bicyclic) bond motifs is 1. The summed E-state index contributed by atoms with van der Waals surface area (Å²) in [7, 11) is 0. The SMILES string of the molecule is OCc1cn([C@@H]2CCCC[C@@H]2NCc2cc3ccccc3o2)nn1. The summed E-state index contributed by atoms with van der Waals surface area (Å²) >= 11 is 0. The predicted molar refractivity (Wildman–Crippen MR) is 90.3 cm³/mol. The summed E-state index contributed by atoms with van der Waals surface area (Å²) in [4.78, 5) is 0. The number of aliphatic hydroxyl groups excluding tert-OH is 1. The van der Waals surface area contributed by atoms with Crippen molar-refractivity contribution in [2.75, 3.05) is 0 Å². The highest BCUT2D eigenvalue weighted by atomic mass is 16.3. The van der Waals surface area contributed by atoms with Crippen LogP contribution >= 0.6 is 0 Å². The zero-order valence-electron chi connectivity index (χ0n) is 13.6. The van der Waals surface area contributed by atoms with Gasteiger partial charge in [0.25, 0.3) is 0 Å². The van der Waals surface area contributed by atoms with Crippen LogP contribution in [0.2, 0.25) is 0 Å². The normalized spacial score (nSPS) is 21.4. The van der Waals surface area contributed by atoms with Gasteiger partial charge in [-0.3, -0.25) is 0 Å². The molecule has 0 unspecified atom stereocenters. The lowest BCUT2D eigenvalue weighted by molar-refractivity contribution is 0.238. The highest BCUT2D eigenvalue weighted by Crippen LogP contribution is 2.29. The van der Waals surface area contributed by atoms with Gasteiger partial charge in [-0.1, -0.05) is 36.3 Å². The molecule has 6 nitrogen and oxygen atoms in total. The van der Waals surface area contributed by atoms with Crippen molar-refractivity contribution in [1.82, 2.24) is 20.3 Å². The third-order valence-electron chi connectivity index (χ3n) is 4.80. The van der Waals surface area contributed by atoms with E-state index in [9.17, 15) is 5.11 Å². The number of aliphatic hydroxyl groups is 1. The number of para-hydroxylation sites is 1. The van der Waals surface area contributed by atoms with Crippen LogP contribution in [0.3, 0.4) is 0 Å². The summed E-state index contributed by atoms with van der Waals surface area (Å²) in [5.41, 5.74) is 1.55. The van der Waals surface area contributed by atoms with Crippen LogP contribution in [0.15, 0.2) is 40.9 Å². The van der Waals surface area contributed by atoms with Crippen LogP contribution in [0.25, 0.3) is 11.0 Å². The summed E-state index contributed by atoms with van der Waals surface area (Å²) < 4.78 is 7.80. The Kier molecular flexibility index (Phi) is 4.32. The number of nitrogens with zero attached hydrogens (tertiary/aromatic N) is 3. The van der Waals surface area contributed by atoms with Crippen molar-refractivity contribution >= 4 is 11.0 Å². The second kappa shape index (κ2) is 6.75. The monoisotopic (exact) mass is 326 g/mol. The molecule has 1 aliphatic rings. The molecule has 1 aromatic carbocycles. The molecule has 4 rings (SSSR count). The lowest BCUT2D eigenvalue weighted by Gasteiger charge is -2.31. The fourth-order valence-electron chi connectivity index (χ4n) is 3.57. The molecule has 0 radical (unpaired) electrons. The summed E-state index contributed by atoms with van der Waals surface area (Å²) in [6.45, 7) is 0.640. The third kappa shape index (κ3) is 3.07. The highest BCUT2D eigenvalue weighted by Gasteiger charge is 2.27. The molecule has 0 saturated heterocycles. The molecule has 24 heavy (non-hydrogen) atoms. The molecular formula is C18H22N4O2. The Labute approximate surface area is 140 Å². The van der Waals surface area contributed by atoms with Crippen LogP contribution in [-0.4, -0.2) is 26.1 Å². The standard InChI is InChI=1S/C18H22N4O2/c23-12-14-11-22(21-20-14)17-7-3-2-6-16(17)19-10-15-9-13-5-1-4-8-18(13)24-15/h1,4-5,8-9,11,16-17,19,23H,2-3,6-7,10,12H2/t16-,17+/m0/s1. The molecule has 2 heterocycles. The van der Waals surface area contributed by atoms with Crippen molar-refractivity contribution < 1.29 is 9.52 Å². The minimum absolute atomic E-state index is 0.0657. The summed E-state index contributed by atoms with van der Waals surface area (Å²) in [5, 5.41) is 22.2. The van der Waals surface area contributed by atoms with E-state index < -0.39 is 0 Å². The Morgan fingerprint density at radius 1 is 1.25 bits per heavy atom. The molecule has 126 valence electrons. The predicted octanol–water partition coefficient (Wildman–Crippen LogP) is 2.79. The van der Waals surface area contributed by atoms with Crippen LogP contribution in [-0.2, 0) is 13.2 Å². The Morgan fingerprint density at radius 3 is 2.96 bits per heavy atom. The fraction of sp³-hybridized carbons (Fsp3) is 0.444. The van der Waals surface area contributed by atoms with Gasteiger partial charge in [0.05, 0.1) is 25.4 Å². The van der Waals surface area contributed by atoms with Gasteiger partial charge in [0.1, 0.15) is 17.0 Å². The van der Waals surface area contributed by atoms with E-state index in [4.69, 9.17) is 4.42 Å². The zero-order valence-corrected chi connectivity index (χ0v) is 13.6. The first-order valence-corrected chi connectivity index (χ1v) is 8.56. The third-order valence-corrected chi connectivity index (χ3v) is 4.80. The van der Waals surface area contributed by atoms with Gasteiger partial charge in [0.15, 0.2) is 0 Å². The number of furan rings is 1. The number of aromatic nitrogens is 3. The molecule has 2 aromatic heterocycles. The van der Waals surface area contributed by atoms with Crippen LogP contribution in [0.1, 0.15) is 43.2 Å². The molecule has 0 amide bonds. The number of nitrogens with one attached hydrogen (secondary N) is 1. The Morgan fingerprint density at radius 2 is 2.12 bits per heavy atom. The van der Waals surface area contributed by atoms with Crippen molar-refractivity contribution in [2.24, 2.45) is 0 Å². The molecule has 1 fully saturated rings. The summed E-state index contributed by atoms with van der Waals surface area (Å²) in [6, 6.07) is 10.8. The Hall–Kier alpha value is -2.18. The van der Waals surface area contributed by atoms with Crippen LogP contribution in [0, 0.1) is 0 Å². The van der Waals surface area contributed by atoms with Gasteiger partial charge in [-0.25, -0.2) is 4.68 Å². The topological polar surface area (TPSA) is 76.1 Å². The van der Waals surface area contributed by atoms with Gasteiger partial charge < -0.3 is 14.8 Å². The average molecular weight is 326 g/mol. The second-order valence-corrected chi connectivity index (χ2v) is 6.44. The maximum Gasteiger partial charge on any atom is 0.134 e. The first-order valence-electron chi connectivity index (χ1n) is 8.56. The first-order chi connectivity index (χ1) is 11.8. The molecule has 2 N–H and O–H groups in total. The number of rotatable bonds is 5. The van der Waals surface area contributed by atoms with Gasteiger partial charge >= 0.3 is 0 Å². The van der Waals surface area contributed by atoms with E-state index in [0.717, 1.165) is 29.6 Å². The summed E-state index contributed by atoms with van der Waals surface area (Å²) in [6.07, 6.45) is 6.45. The smallest absolute Gasteiger partial charge is 0.134 e. The van der Waals surface area contributed by atoms with E-state index in [-0.39, 0.29) is 12.6 Å². The Bertz CT molecular complexity index is 777. The van der Waals surface area contributed by atoms with E-state index in [1.54, 1.807) is 0 Å². The van der Waals surface area contributed by atoms with Gasteiger partial charge in [0.2, 0.25) is 0 Å². The van der Waals surface area contributed by atoms with Crippen molar-refractivity contribution in [3.63, 3.8) is 0 Å². The molecular weight excluding hydrogens is 304 g/mol. The van der Waals surface area contributed by atoms with Crippen molar-refractivity contribution in [1.29, 1.82) is 0 Å². The number of hydrogen-bond acceptors (Lipinski definition) is 5. The van der Waals surface area contributed by atoms with E-state index in [2.05, 4.69) is 27.8 Å². The molecule has 3 aromatic rings. The van der Waals surface area contributed by atoms with Crippen molar-refractivity contribution in [3.05, 3.63) is 48.0 Å². The van der Waals surface area contributed by atoms with Gasteiger partial charge in [-0.15, -0.1) is 5.10 Å². The maximum absolute atomic E-state index is 9.19. The minimum atomic E-state index is -0.0657. The Balaban J connectivity index is 1.46.